The fraction of sp³-hybridized carbons (Fsp3) is 0.0714. The lowest BCUT2D eigenvalue weighted by atomic mass is 10.2. The summed E-state index contributed by atoms with van der Waals surface area (Å²) in [6.45, 7) is 1.86. The Bertz CT molecular complexity index is 639. The molecule has 104 valence electrons. The van der Waals surface area contributed by atoms with Gasteiger partial charge in [0.2, 0.25) is 0 Å². The molecule has 20 heavy (non-hydrogen) atoms. The second-order valence-corrected chi connectivity index (χ2v) is 5.36. The van der Waals surface area contributed by atoms with Crippen molar-refractivity contribution in [2.45, 2.75) is 6.92 Å². The highest BCUT2D eigenvalue weighted by Crippen LogP contribution is 2.27. The lowest BCUT2D eigenvalue weighted by molar-refractivity contribution is 0.262. The summed E-state index contributed by atoms with van der Waals surface area (Å²) in [4.78, 5) is 11.9. The van der Waals surface area contributed by atoms with Gasteiger partial charge in [0.1, 0.15) is 0 Å². The predicted octanol–water partition coefficient (Wildman–Crippen LogP) is 5.60. The van der Waals surface area contributed by atoms with Crippen molar-refractivity contribution in [3.63, 3.8) is 0 Å². The quantitative estimate of drug-likeness (QED) is 0.740. The van der Waals surface area contributed by atoms with Gasteiger partial charge in [-0.05, 0) is 36.8 Å². The average molecular weight is 330 g/mol. The summed E-state index contributed by atoms with van der Waals surface area (Å²) in [6.07, 6.45) is 0. The standard InChI is InChI=1S/C14H11Cl3N2O/c1-8-3-2-4-11(16)13(8)19-14(20)18-9-5-6-10(15)12(17)7-9/h2-7H,1H3,(H2,18,19,20). The van der Waals surface area contributed by atoms with Gasteiger partial charge < -0.3 is 10.6 Å². The molecule has 6 heteroatoms. The third kappa shape index (κ3) is 3.57. The van der Waals surface area contributed by atoms with Crippen molar-refractivity contribution in [2.75, 3.05) is 10.6 Å². The number of anilines is 2. The summed E-state index contributed by atoms with van der Waals surface area (Å²) < 4.78 is 0. The lowest BCUT2D eigenvalue weighted by Crippen LogP contribution is -2.20. The zero-order valence-electron chi connectivity index (χ0n) is 10.5. The Morgan fingerprint density at radius 1 is 0.950 bits per heavy atom. The van der Waals surface area contributed by atoms with Gasteiger partial charge in [0.05, 0.1) is 20.8 Å². The number of hydrogen-bond acceptors (Lipinski definition) is 1. The molecule has 0 atom stereocenters. The molecule has 2 amide bonds. The number of urea groups is 1. The van der Waals surface area contributed by atoms with E-state index in [1.54, 1.807) is 24.3 Å². The van der Waals surface area contributed by atoms with Gasteiger partial charge >= 0.3 is 6.03 Å². The first-order valence-electron chi connectivity index (χ1n) is 5.75. The van der Waals surface area contributed by atoms with E-state index in [0.29, 0.717) is 26.4 Å². The fourth-order valence-corrected chi connectivity index (χ4v) is 2.21. The van der Waals surface area contributed by atoms with Gasteiger partial charge in [0.15, 0.2) is 0 Å². The number of carbonyl (C=O) groups excluding carboxylic acids is 1. The Hall–Kier alpha value is -1.42. The van der Waals surface area contributed by atoms with Crippen LogP contribution in [-0.2, 0) is 0 Å². The molecule has 0 aliphatic heterocycles. The van der Waals surface area contributed by atoms with Crippen LogP contribution in [0.15, 0.2) is 36.4 Å². The highest BCUT2D eigenvalue weighted by Gasteiger charge is 2.09. The molecule has 2 N–H and O–H groups in total. The highest BCUT2D eigenvalue weighted by molar-refractivity contribution is 6.42. The number of nitrogens with one attached hydrogen (secondary N) is 2. The van der Waals surface area contributed by atoms with Crippen LogP contribution in [0, 0.1) is 6.92 Å². The van der Waals surface area contributed by atoms with Crippen LogP contribution < -0.4 is 10.6 Å². The van der Waals surface area contributed by atoms with E-state index in [2.05, 4.69) is 10.6 Å². The summed E-state index contributed by atoms with van der Waals surface area (Å²) in [7, 11) is 0. The number of aryl methyl sites for hydroxylation is 1. The maximum absolute atomic E-state index is 11.9. The van der Waals surface area contributed by atoms with Gasteiger partial charge in [-0.2, -0.15) is 0 Å². The zero-order valence-corrected chi connectivity index (χ0v) is 12.8. The Labute approximate surface area is 131 Å². The molecule has 2 aromatic rings. The van der Waals surface area contributed by atoms with Crippen LogP contribution in [0.25, 0.3) is 0 Å². The number of carbonyl (C=O) groups is 1. The minimum absolute atomic E-state index is 0.374. The highest BCUT2D eigenvalue weighted by atomic mass is 35.5. The first-order chi connectivity index (χ1) is 9.47. The number of halogens is 3. The van der Waals surface area contributed by atoms with Gasteiger partial charge in [-0.25, -0.2) is 4.79 Å². The number of para-hydroxylation sites is 1. The van der Waals surface area contributed by atoms with Gasteiger partial charge in [-0.3, -0.25) is 0 Å². The molecule has 0 radical (unpaired) electrons. The average Bonchev–Trinajstić information content (AvgIpc) is 2.38. The Balaban J connectivity index is 2.11. The summed E-state index contributed by atoms with van der Waals surface area (Å²) in [5.74, 6) is 0. The molecule has 0 unspecified atom stereocenters. The molecular formula is C14H11Cl3N2O. The molecule has 0 heterocycles. The molecule has 2 aromatic carbocycles. The second-order valence-electron chi connectivity index (χ2n) is 4.14. The van der Waals surface area contributed by atoms with E-state index in [-0.39, 0.29) is 0 Å². The molecule has 0 aliphatic rings. The number of benzene rings is 2. The van der Waals surface area contributed by atoms with Crippen LogP contribution in [0.5, 0.6) is 0 Å². The van der Waals surface area contributed by atoms with E-state index in [4.69, 9.17) is 34.8 Å². The topological polar surface area (TPSA) is 41.1 Å². The molecule has 0 aliphatic carbocycles. The van der Waals surface area contributed by atoms with Crippen molar-refractivity contribution < 1.29 is 4.79 Å². The zero-order chi connectivity index (χ0) is 14.7. The van der Waals surface area contributed by atoms with E-state index in [1.807, 2.05) is 19.1 Å². The molecule has 2 rings (SSSR count). The normalized spacial score (nSPS) is 10.2. The Morgan fingerprint density at radius 2 is 1.70 bits per heavy atom. The largest absolute Gasteiger partial charge is 0.323 e. The number of amides is 2. The van der Waals surface area contributed by atoms with E-state index < -0.39 is 6.03 Å². The molecule has 0 bridgehead atoms. The van der Waals surface area contributed by atoms with Crippen LogP contribution in [0.1, 0.15) is 5.56 Å². The van der Waals surface area contributed by atoms with Crippen LogP contribution in [0.3, 0.4) is 0 Å². The summed E-state index contributed by atoms with van der Waals surface area (Å²) in [5.41, 5.74) is 2.00. The van der Waals surface area contributed by atoms with Crippen LogP contribution >= 0.6 is 34.8 Å². The minimum Gasteiger partial charge on any atom is -0.308 e. The molecule has 0 saturated heterocycles. The van der Waals surface area contributed by atoms with E-state index >= 15 is 0 Å². The summed E-state index contributed by atoms with van der Waals surface area (Å²) >= 11 is 17.7. The molecule has 0 fully saturated rings. The molecular weight excluding hydrogens is 319 g/mol. The predicted molar refractivity (Wildman–Crippen MR) is 85.3 cm³/mol. The van der Waals surface area contributed by atoms with Crippen molar-refractivity contribution in [1.29, 1.82) is 0 Å². The monoisotopic (exact) mass is 328 g/mol. The van der Waals surface area contributed by atoms with Crippen molar-refractivity contribution in [3.8, 4) is 0 Å². The van der Waals surface area contributed by atoms with Crippen LogP contribution in [0.2, 0.25) is 15.1 Å². The molecule has 0 saturated carbocycles. The van der Waals surface area contributed by atoms with Gasteiger partial charge in [-0.1, -0.05) is 46.9 Å². The minimum atomic E-state index is -0.403. The Morgan fingerprint density at radius 3 is 2.35 bits per heavy atom. The number of hydrogen-bond donors (Lipinski definition) is 2. The third-order valence-corrected chi connectivity index (χ3v) is 3.69. The van der Waals surface area contributed by atoms with E-state index in [9.17, 15) is 4.79 Å². The number of rotatable bonds is 2. The second kappa shape index (κ2) is 6.35. The molecule has 0 spiro atoms. The van der Waals surface area contributed by atoms with Crippen molar-refractivity contribution in [3.05, 3.63) is 57.0 Å². The first kappa shape index (κ1) is 15.0. The molecule has 3 nitrogen and oxygen atoms in total. The summed E-state index contributed by atoms with van der Waals surface area (Å²) in [5, 5.41) is 6.65. The van der Waals surface area contributed by atoms with Crippen molar-refractivity contribution >= 4 is 52.2 Å². The third-order valence-electron chi connectivity index (χ3n) is 2.64. The van der Waals surface area contributed by atoms with Crippen molar-refractivity contribution in [1.82, 2.24) is 0 Å². The van der Waals surface area contributed by atoms with E-state index in [0.717, 1.165) is 5.56 Å². The molecule has 0 aromatic heterocycles. The maximum atomic E-state index is 11.9. The summed E-state index contributed by atoms with van der Waals surface area (Å²) in [6, 6.07) is 9.83. The van der Waals surface area contributed by atoms with Crippen LogP contribution in [-0.4, -0.2) is 6.03 Å². The maximum Gasteiger partial charge on any atom is 0.323 e. The van der Waals surface area contributed by atoms with Crippen LogP contribution in [0.4, 0.5) is 16.2 Å². The van der Waals surface area contributed by atoms with Gasteiger partial charge in [0, 0.05) is 5.69 Å². The SMILES string of the molecule is Cc1cccc(Cl)c1NC(=O)Nc1ccc(Cl)c(Cl)c1. The van der Waals surface area contributed by atoms with Gasteiger partial charge in [-0.15, -0.1) is 0 Å². The fourth-order valence-electron chi connectivity index (χ4n) is 1.64. The first-order valence-corrected chi connectivity index (χ1v) is 6.89. The lowest BCUT2D eigenvalue weighted by Gasteiger charge is -2.11. The van der Waals surface area contributed by atoms with Crippen molar-refractivity contribution in [2.24, 2.45) is 0 Å². The Kier molecular flexibility index (Phi) is 4.76. The smallest absolute Gasteiger partial charge is 0.308 e. The van der Waals surface area contributed by atoms with E-state index in [1.165, 1.54) is 0 Å². The van der Waals surface area contributed by atoms with Gasteiger partial charge in [0.25, 0.3) is 0 Å².